The molecule has 0 aliphatic carbocycles. The van der Waals surface area contributed by atoms with E-state index in [1.807, 2.05) is 19.1 Å². The molecule has 7 heteroatoms. The number of benzene rings is 1. The van der Waals surface area contributed by atoms with Gasteiger partial charge in [0.15, 0.2) is 5.96 Å². The van der Waals surface area contributed by atoms with E-state index in [9.17, 15) is 4.79 Å². The fourth-order valence-electron chi connectivity index (χ4n) is 2.34. The summed E-state index contributed by atoms with van der Waals surface area (Å²) in [4.78, 5) is 16.1. The molecule has 0 saturated carbocycles. The van der Waals surface area contributed by atoms with E-state index >= 15 is 0 Å². The lowest BCUT2D eigenvalue weighted by Gasteiger charge is -2.19. The van der Waals surface area contributed by atoms with Crippen molar-refractivity contribution in [1.82, 2.24) is 16.0 Å². The largest absolute Gasteiger partial charge is 0.493 e. The number of guanidine groups is 1. The number of nitrogens with zero attached hydrogens (tertiary/aromatic N) is 1. The van der Waals surface area contributed by atoms with Crippen molar-refractivity contribution in [2.24, 2.45) is 10.9 Å². The summed E-state index contributed by atoms with van der Waals surface area (Å²) in [6.45, 7) is 11.7. The van der Waals surface area contributed by atoms with Crippen molar-refractivity contribution in [3.63, 3.8) is 0 Å². The van der Waals surface area contributed by atoms with Crippen LogP contribution < -0.4 is 20.7 Å². The molecule has 3 N–H and O–H groups in total. The van der Waals surface area contributed by atoms with Gasteiger partial charge in [-0.05, 0) is 43.9 Å². The lowest BCUT2D eigenvalue weighted by atomic mass is 10.1. The number of hydrogen-bond donors (Lipinski definition) is 3. The maximum atomic E-state index is 11.8. The average Bonchev–Trinajstić information content (AvgIpc) is 2.65. The molecular formula is C21H37IN4O2. The van der Waals surface area contributed by atoms with Gasteiger partial charge in [-0.25, -0.2) is 0 Å². The van der Waals surface area contributed by atoms with Crippen LogP contribution in [0.1, 0.15) is 59.1 Å². The van der Waals surface area contributed by atoms with E-state index in [-0.39, 0.29) is 42.0 Å². The first-order chi connectivity index (χ1) is 12.8. The van der Waals surface area contributed by atoms with Crippen molar-refractivity contribution in [2.45, 2.75) is 59.5 Å². The lowest BCUT2D eigenvalue weighted by Crippen LogP contribution is -2.41. The van der Waals surface area contributed by atoms with Gasteiger partial charge in [-0.15, -0.1) is 24.0 Å². The third kappa shape index (κ3) is 10.7. The van der Waals surface area contributed by atoms with Gasteiger partial charge in [-0.3, -0.25) is 9.79 Å². The minimum atomic E-state index is 0. The Hall–Kier alpha value is -1.51. The van der Waals surface area contributed by atoms with Crippen molar-refractivity contribution >= 4 is 35.8 Å². The smallest absolute Gasteiger partial charge is 0.221 e. The molecule has 1 amide bonds. The third-order valence-electron chi connectivity index (χ3n) is 4.20. The fraction of sp³-hybridized carbons (Fsp3) is 0.619. The SMILES string of the molecule is CCC(C)NC(=O)CCNC(=NC)NC(C)c1ccc(OCC(C)C)cc1.I. The summed E-state index contributed by atoms with van der Waals surface area (Å²) in [6.07, 6.45) is 1.35. The minimum absolute atomic E-state index is 0. The number of nitrogens with one attached hydrogen (secondary N) is 3. The van der Waals surface area contributed by atoms with Crippen LogP contribution in [0.25, 0.3) is 0 Å². The van der Waals surface area contributed by atoms with Gasteiger partial charge in [0.1, 0.15) is 5.75 Å². The number of aliphatic imine (C=N–C) groups is 1. The quantitative estimate of drug-likeness (QED) is 0.257. The van der Waals surface area contributed by atoms with E-state index in [1.165, 1.54) is 0 Å². The van der Waals surface area contributed by atoms with Gasteiger partial charge in [-0.2, -0.15) is 0 Å². The Balaban J connectivity index is 0.00000729. The summed E-state index contributed by atoms with van der Waals surface area (Å²) >= 11 is 0. The summed E-state index contributed by atoms with van der Waals surface area (Å²) in [6, 6.07) is 8.39. The summed E-state index contributed by atoms with van der Waals surface area (Å²) in [5.41, 5.74) is 1.14. The minimum Gasteiger partial charge on any atom is -0.493 e. The highest BCUT2D eigenvalue weighted by molar-refractivity contribution is 14.0. The molecule has 0 heterocycles. The molecule has 28 heavy (non-hydrogen) atoms. The molecule has 1 rings (SSSR count). The molecule has 0 aliphatic rings. The number of carbonyl (C=O) groups excluding carboxylic acids is 1. The highest BCUT2D eigenvalue weighted by Gasteiger charge is 2.09. The first-order valence-electron chi connectivity index (χ1n) is 9.85. The highest BCUT2D eigenvalue weighted by atomic mass is 127. The molecule has 2 atom stereocenters. The topological polar surface area (TPSA) is 74.8 Å². The number of amides is 1. The van der Waals surface area contributed by atoms with E-state index < -0.39 is 0 Å². The predicted molar refractivity (Wildman–Crippen MR) is 128 cm³/mol. The van der Waals surface area contributed by atoms with Crippen LogP contribution in [-0.4, -0.2) is 38.1 Å². The maximum Gasteiger partial charge on any atom is 0.221 e. The third-order valence-corrected chi connectivity index (χ3v) is 4.20. The Bertz CT molecular complexity index is 591. The molecule has 0 bridgehead atoms. The van der Waals surface area contributed by atoms with Gasteiger partial charge in [0, 0.05) is 26.1 Å². The molecule has 0 saturated heterocycles. The molecule has 0 aliphatic heterocycles. The predicted octanol–water partition coefficient (Wildman–Crippen LogP) is 3.87. The Morgan fingerprint density at radius 3 is 2.29 bits per heavy atom. The Labute approximate surface area is 187 Å². The van der Waals surface area contributed by atoms with Crippen LogP contribution in [0.3, 0.4) is 0 Å². The van der Waals surface area contributed by atoms with Crippen LogP contribution in [-0.2, 0) is 4.79 Å². The monoisotopic (exact) mass is 504 g/mol. The number of halogens is 1. The number of rotatable bonds is 10. The van der Waals surface area contributed by atoms with E-state index in [0.29, 0.717) is 31.4 Å². The molecule has 0 radical (unpaired) electrons. The van der Waals surface area contributed by atoms with E-state index in [1.54, 1.807) is 7.05 Å². The second-order valence-electron chi connectivity index (χ2n) is 7.27. The van der Waals surface area contributed by atoms with Gasteiger partial charge in [0.05, 0.1) is 12.6 Å². The van der Waals surface area contributed by atoms with E-state index in [4.69, 9.17) is 4.74 Å². The summed E-state index contributed by atoms with van der Waals surface area (Å²) < 4.78 is 5.72. The molecular weight excluding hydrogens is 467 g/mol. The first-order valence-corrected chi connectivity index (χ1v) is 9.85. The molecule has 0 spiro atoms. The summed E-state index contributed by atoms with van der Waals surface area (Å²) in [5.74, 6) is 2.12. The second kappa shape index (κ2) is 14.5. The van der Waals surface area contributed by atoms with Crippen LogP contribution in [0.4, 0.5) is 0 Å². The standard InChI is InChI=1S/C21H36N4O2.HI/c1-7-16(4)24-20(26)12-13-23-21(22-6)25-17(5)18-8-10-19(11-9-18)27-14-15(2)3;/h8-11,15-17H,7,12-14H2,1-6H3,(H,24,26)(H2,22,23,25);1H. The summed E-state index contributed by atoms with van der Waals surface area (Å²) in [5, 5.41) is 9.49. The van der Waals surface area contributed by atoms with E-state index in [0.717, 1.165) is 17.7 Å². The molecule has 160 valence electrons. The van der Waals surface area contributed by atoms with Crippen molar-refractivity contribution in [2.75, 3.05) is 20.2 Å². The molecule has 1 aromatic carbocycles. The van der Waals surface area contributed by atoms with Crippen molar-refractivity contribution < 1.29 is 9.53 Å². The lowest BCUT2D eigenvalue weighted by molar-refractivity contribution is -0.121. The van der Waals surface area contributed by atoms with Gasteiger partial charge in [0.2, 0.25) is 5.91 Å². The first kappa shape index (κ1) is 26.5. The summed E-state index contributed by atoms with van der Waals surface area (Å²) in [7, 11) is 1.73. The van der Waals surface area contributed by atoms with Crippen molar-refractivity contribution in [3.8, 4) is 5.75 Å². The van der Waals surface area contributed by atoms with Crippen LogP contribution in [0.2, 0.25) is 0 Å². The van der Waals surface area contributed by atoms with Gasteiger partial charge in [-0.1, -0.05) is 32.9 Å². The fourth-order valence-corrected chi connectivity index (χ4v) is 2.34. The Morgan fingerprint density at radius 2 is 1.75 bits per heavy atom. The molecule has 0 aromatic heterocycles. The normalized spacial score (nSPS) is 13.3. The zero-order valence-corrected chi connectivity index (χ0v) is 20.4. The molecule has 2 unspecified atom stereocenters. The van der Waals surface area contributed by atoms with Gasteiger partial charge < -0.3 is 20.7 Å². The maximum absolute atomic E-state index is 11.8. The average molecular weight is 504 g/mol. The van der Waals surface area contributed by atoms with Gasteiger partial charge in [0.25, 0.3) is 0 Å². The molecule has 0 fully saturated rings. The van der Waals surface area contributed by atoms with Crippen LogP contribution in [0, 0.1) is 5.92 Å². The Kier molecular flexibility index (Phi) is 13.7. The molecule has 1 aromatic rings. The Morgan fingerprint density at radius 1 is 1.11 bits per heavy atom. The zero-order valence-electron chi connectivity index (χ0n) is 18.0. The highest BCUT2D eigenvalue weighted by Crippen LogP contribution is 2.18. The number of hydrogen-bond acceptors (Lipinski definition) is 3. The van der Waals surface area contributed by atoms with Gasteiger partial charge >= 0.3 is 0 Å². The van der Waals surface area contributed by atoms with Crippen LogP contribution >= 0.6 is 24.0 Å². The second-order valence-corrected chi connectivity index (χ2v) is 7.27. The molecule has 6 nitrogen and oxygen atoms in total. The van der Waals surface area contributed by atoms with Crippen molar-refractivity contribution in [3.05, 3.63) is 29.8 Å². The van der Waals surface area contributed by atoms with Crippen molar-refractivity contribution in [1.29, 1.82) is 0 Å². The van der Waals surface area contributed by atoms with Crippen LogP contribution in [0.5, 0.6) is 5.75 Å². The van der Waals surface area contributed by atoms with Crippen LogP contribution in [0.15, 0.2) is 29.3 Å². The number of ether oxygens (including phenoxy) is 1. The zero-order chi connectivity index (χ0) is 20.2. The number of carbonyl (C=O) groups is 1. The van der Waals surface area contributed by atoms with E-state index in [2.05, 4.69) is 60.8 Å².